The topological polar surface area (TPSA) is 62.2 Å². The van der Waals surface area contributed by atoms with Crippen molar-refractivity contribution in [3.8, 4) is 0 Å². The molecule has 0 saturated carbocycles. The highest BCUT2D eigenvalue weighted by atomic mass is 32.1. The molecule has 0 atom stereocenters. The van der Waals surface area contributed by atoms with E-state index in [0.29, 0.717) is 0 Å². The summed E-state index contributed by atoms with van der Waals surface area (Å²) in [4.78, 5) is 14.3. The normalized spacial score (nSPS) is 11.7. The van der Waals surface area contributed by atoms with Gasteiger partial charge in [0, 0.05) is 35.7 Å². The lowest BCUT2D eigenvalue weighted by molar-refractivity contribution is 0.691. The van der Waals surface area contributed by atoms with E-state index in [4.69, 9.17) is 0 Å². The molecule has 5 nitrogen and oxygen atoms in total. The van der Waals surface area contributed by atoms with Gasteiger partial charge in [-0.05, 0) is 33.1 Å². The van der Waals surface area contributed by atoms with E-state index in [9.17, 15) is 0 Å². The number of nitrogens with zero attached hydrogens (tertiary/aromatic N) is 3. The van der Waals surface area contributed by atoms with Crippen molar-refractivity contribution in [3.05, 3.63) is 32.2 Å². The lowest BCUT2D eigenvalue weighted by Gasteiger charge is -2.10. The summed E-state index contributed by atoms with van der Waals surface area (Å²) in [5.41, 5.74) is 1.13. The first-order valence-corrected chi connectivity index (χ1v) is 9.14. The van der Waals surface area contributed by atoms with Gasteiger partial charge in [-0.25, -0.2) is 9.97 Å². The fourth-order valence-electron chi connectivity index (χ4n) is 1.99. The zero-order chi connectivity index (χ0) is 15.8. The van der Waals surface area contributed by atoms with E-state index in [1.165, 1.54) is 9.88 Å². The van der Waals surface area contributed by atoms with Crippen LogP contribution in [0.5, 0.6) is 0 Å². The van der Waals surface area contributed by atoms with Crippen LogP contribution in [0.2, 0.25) is 0 Å². The summed E-state index contributed by atoms with van der Waals surface area (Å²) in [6, 6.07) is 0. The Bertz CT molecular complexity index is 603. The summed E-state index contributed by atoms with van der Waals surface area (Å²) in [7, 11) is 1.79. The van der Waals surface area contributed by atoms with E-state index in [-0.39, 0.29) is 0 Å². The first kappa shape index (κ1) is 16.9. The lowest BCUT2D eigenvalue weighted by Crippen LogP contribution is -2.37. The van der Waals surface area contributed by atoms with Crippen LogP contribution in [-0.4, -0.2) is 29.5 Å². The number of hydrogen-bond donors (Lipinski definition) is 2. The van der Waals surface area contributed by atoms with Crippen LogP contribution in [0.1, 0.15) is 33.4 Å². The van der Waals surface area contributed by atoms with Crippen LogP contribution in [0, 0.1) is 13.8 Å². The molecule has 0 bridgehead atoms. The van der Waals surface area contributed by atoms with Crippen molar-refractivity contribution in [1.82, 2.24) is 20.6 Å². The van der Waals surface area contributed by atoms with E-state index >= 15 is 0 Å². The average molecular weight is 338 g/mol. The van der Waals surface area contributed by atoms with Crippen molar-refractivity contribution in [2.75, 3.05) is 13.6 Å². The predicted octanol–water partition coefficient (Wildman–Crippen LogP) is 2.90. The number of aliphatic imine (C=N–C) groups is 1. The maximum Gasteiger partial charge on any atom is 0.191 e. The van der Waals surface area contributed by atoms with E-state index in [1.54, 1.807) is 29.7 Å². The molecule has 0 unspecified atom stereocenters. The van der Waals surface area contributed by atoms with Crippen LogP contribution < -0.4 is 10.6 Å². The third-order valence-electron chi connectivity index (χ3n) is 3.08. The molecule has 2 aromatic heterocycles. The van der Waals surface area contributed by atoms with Gasteiger partial charge < -0.3 is 10.6 Å². The molecule has 2 heterocycles. The highest BCUT2D eigenvalue weighted by Crippen LogP contribution is 2.11. The Hall–Kier alpha value is -1.47. The molecule has 2 rings (SSSR count). The Morgan fingerprint density at radius 3 is 2.73 bits per heavy atom. The summed E-state index contributed by atoms with van der Waals surface area (Å²) in [5, 5.41) is 11.1. The molecule has 120 valence electrons. The number of unbranched alkanes of at least 4 members (excludes halogenated alkanes) is 1. The molecular weight excluding hydrogens is 314 g/mol. The molecule has 22 heavy (non-hydrogen) atoms. The molecule has 0 aliphatic carbocycles. The lowest BCUT2D eigenvalue weighted by atomic mass is 10.2. The van der Waals surface area contributed by atoms with Crippen molar-refractivity contribution in [2.45, 2.75) is 39.7 Å². The molecular formula is C15H23N5S2. The van der Waals surface area contributed by atoms with E-state index in [0.717, 1.165) is 49.0 Å². The maximum atomic E-state index is 4.48. The Morgan fingerprint density at radius 2 is 2.09 bits per heavy atom. The summed E-state index contributed by atoms with van der Waals surface area (Å²) in [6.45, 7) is 5.75. The monoisotopic (exact) mass is 337 g/mol. The minimum absolute atomic E-state index is 0.719. The van der Waals surface area contributed by atoms with Crippen LogP contribution in [0.15, 0.2) is 16.6 Å². The second kappa shape index (κ2) is 8.85. The number of thiazole rings is 2. The summed E-state index contributed by atoms with van der Waals surface area (Å²) in [6.07, 6.45) is 5.21. The van der Waals surface area contributed by atoms with E-state index < -0.39 is 0 Å². The Labute approximate surface area is 139 Å². The second-order valence-electron chi connectivity index (χ2n) is 5.06. The number of hydrogen-bond acceptors (Lipinski definition) is 5. The Morgan fingerprint density at radius 1 is 1.23 bits per heavy atom. The molecule has 2 aromatic rings. The van der Waals surface area contributed by atoms with Gasteiger partial charge in [-0.1, -0.05) is 0 Å². The van der Waals surface area contributed by atoms with Crippen LogP contribution >= 0.6 is 22.7 Å². The predicted molar refractivity (Wildman–Crippen MR) is 94.8 cm³/mol. The molecule has 0 aromatic carbocycles. The van der Waals surface area contributed by atoms with Gasteiger partial charge in [-0.3, -0.25) is 4.99 Å². The van der Waals surface area contributed by atoms with Crippen molar-refractivity contribution >= 4 is 28.6 Å². The summed E-state index contributed by atoms with van der Waals surface area (Å²) in [5.74, 6) is 0.831. The molecule has 0 saturated heterocycles. The smallest absolute Gasteiger partial charge is 0.191 e. The maximum absolute atomic E-state index is 4.48. The largest absolute Gasteiger partial charge is 0.356 e. The van der Waals surface area contributed by atoms with Gasteiger partial charge in [0.2, 0.25) is 0 Å². The van der Waals surface area contributed by atoms with E-state index in [1.807, 2.05) is 13.1 Å². The van der Waals surface area contributed by atoms with Crippen LogP contribution in [-0.2, 0) is 13.0 Å². The third-order valence-corrected chi connectivity index (χ3v) is 5.02. The molecule has 0 aliphatic rings. The van der Waals surface area contributed by atoms with Crippen molar-refractivity contribution in [2.24, 2.45) is 4.99 Å². The van der Waals surface area contributed by atoms with Crippen LogP contribution in [0.3, 0.4) is 0 Å². The fourth-order valence-corrected chi connectivity index (χ4v) is 3.53. The zero-order valence-electron chi connectivity index (χ0n) is 13.3. The second-order valence-corrected chi connectivity index (χ2v) is 7.32. The van der Waals surface area contributed by atoms with E-state index in [2.05, 4.69) is 37.9 Å². The Kier molecular flexibility index (Phi) is 6.79. The molecule has 0 fully saturated rings. The summed E-state index contributed by atoms with van der Waals surface area (Å²) < 4.78 is 0. The van der Waals surface area contributed by atoms with Gasteiger partial charge in [0.1, 0.15) is 5.01 Å². The van der Waals surface area contributed by atoms with Gasteiger partial charge in [0.05, 0.1) is 11.6 Å². The number of aryl methyl sites for hydroxylation is 3. The highest BCUT2D eigenvalue weighted by Gasteiger charge is 2.02. The average Bonchev–Trinajstić information content (AvgIpc) is 3.10. The molecule has 0 radical (unpaired) electrons. The fraction of sp³-hybridized carbons (Fsp3) is 0.533. The quantitative estimate of drug-likeness (QED) is 0.463. The standard InChI is InChI=1S/C15H23N5S2/c1-11-10-21-13(20-11)6-4-5-7-17-15(16-3)19-9-14-18-8-12(2)22-14/h8,10H,4-7,9H2,1-3H3,(H2,16,17,19). The van der Waals surface area contributed by atoms with Crippen LogP contribution in [0.25, 0.3) is 0 Å². The van der Waals surface area contributed by atoms with Crippen molar-refractivity contribution in [3.63, 3.8) is 0 Å². The first-order valence-electron chi connectivity index (χ1n) is 7.44. The molecule has 2 N–H and O–H groups in total. The molecule has 0 spiro atoms. The number of nitrogens with one attached hydrogen (secondary N) is 2. The number of guanidine groups is 1. The third kappa shape index (κ3) is 5.73. The van der Waals surface area contributed by atoms with Gasteiger partial charge in [-0.2, -0.15) is 0 Å². The molecule has 0 amide bonds. The molecule has 7 heteroatoms. The van der Waals surface area contributed by atoms with Gasteiger partial charge in [-0.15, -0.1) is 22.7 Å². The summed E-state index contributed by atoms with van der Waals surface area (Å²) >= 11 is 3.46. The molecule has 0 aliphatic heterocycles. The zero-order valence-corrected chi connectivity index (χ0v) is 15.0. The number of rotatable bonds is 7. The van der Waals surface area contributed by atoms with Gasteiger partial charge in [0.25, 0.3) is 0 Å². The minimum Gasteiger partial charge on any atom is -0.356 e. The SMILES string of the molecule is CN=C(NCCCCc1nc(C)cs1)NCc1ncc(C)s1. The van der Waals surface area contributed by atoms with Gasteiger partial charge in [0.15, 0.2) is 5.96 Å². The van der Waals surface area contributed by atoms with Crippen LogP contribution in [0.4, 0.5) is 0 Å². The number of aromatic nitrogens is 2. The highest BCUT2D eigenvalue weighted by molar-refractivity contribution is 7.11. The minimum atomic E-state index is 0.719. The first-order chi connectivity index (χ1) is 10.7. The Balaban J connectivity index is 1.60. The van der Waals surface area contributed by atoms with Crippen molar-refractivity contribution in [1.29, 1.82) is 0 Å². The van der Waals surface area contributed by atoms with Crippen molar-refractivity contribution < 1.29 is 0 Å². The van der Waals surface area contributed by atoms with Gasteiger partial charge >= 0.3 is 0 Å².